The van der Waals surface area contributed by atoms with Crippen LogP contribution in [0, 0.1) is 21.4 Å². The standard InChI is InChI=1S/C15H13N3O4/c1-15(2,11-5-3-10(9-16)4-6-11)17-14(19)12-7-8-13(22-12)18(20)21/h3-8H,1-2H3,(H,17,19). The van der Waals surface area contributed by atoms with E-state index in [9.17, 15) is 14.9 Å². The van der Waals surface area contributed by atoms with Crippen molar-refractivity contribution in [1.82, 2.24) is 5.32 Å². The van der Waals surface area contributed by atoms with Gasteiger partial charge < -0.3 is 9.73 Å². The van der Waals surface area contributed by atoms with Crippen LogP contribution in [0.4, 0.5) is 5.88 Å². The number of carbonyl (C=O) groups is 1. The van der Waals surface area contributed by atoms with Crippen molar-refractivity contribution >= 4 is 11.8 Å². The van der Waals surface area contributed by atoms with Crippen LogP contribution in [0.2, 0.25) is 0 Å². The molecule has 7 nitrogen and oxygen atoms in total. The van der Waals surface area contributed by atoms with E-state index < -0.39 is 22.3 Å². The lowest BCUT2D eigenvalue weighted by Gasteiger charge is -2.26. The Bertz CT molecular complexity index is 754. The molecule has 1 aromatic heterocycles. The van der Waals surface area contributed by atoms with Crippen LogP contribution in [0.15, 0.2) is 40.8 Å². The predicted octanol–water partition coefficient (Wildman–Crippen LogP) is 2.72. The number of nitro groups is 1. The number of nitrogens with one attached hydrogen (secondary N) is 1. The molecule has 0 aliphatic carbocycles. The van der Waals surface area contributed by atoms with E-state index in [4.69, 9.17) is 9.68 Å². The molecule has 0 saturated heterocycles. The number of nitrogens with zero attached hydrogens (tertiary/aromatic N) is 2. The molecule has 0 aliphatic rings. The van der Waals surface area contributed by atoms with E-state index in [0.29, 0.717) is 5.56 Å². The van der Waals surface area contributed by atoms with Crippen LogP contribution in [0.1, 0.15) is 35.5 Å². The van der Waals surface area contributed by atoms with Gasteiger partial charge in [0.2, 0.25) is 0 Å². The summed E-state index contributed by atoms with van der Waals surface area (Å²) in [6.07, 6.45) is 0. The first-order valence-corrected chi connectivity index (χ1v) is 6.41. The molecule has 0 bridgehead atoms. The average molecular weight is 299 g/mol. The number of amides is 1. The van der Waals surface area contributed by atoms with Gasteiger partial charge in [0.25, 0.3) is 5.91 Å². The Balaban J connectivity index is 2.17. The zero-order valence-electron chi connectivity index (χ0n) is 12.0. The quantitative estimate of drug-likeness (QED) is 0.689. The first-order chi connectivity index (χ1) is 10.3. The molecule has 22 heavy (non-hydrogen) atoms. The molecule has 1 amide bonds. The summed E-state index contributed by atoms with van der Waals surface area (Å²) in [6, 6.07) is 11.2. The number of nitriles is 1. The molecule has 1 heterocycles. The number of hydrogen-bond donors (Lipinski definition) is 1. The van der Waals surface area contributed by atoms with Crippen molar-refractivity contribution in [2.75, 3.05) is 0 Å². The van der Waals surface area contributed by atoms with Crippen molar-refractivity contribution < 1.29 is 14.1 Å². The Morgan fingerprint density at radius 1 is 1.27 bits per heavy atom. The van der Waals surface area contributed by atoms with Crippen molar-refractivity contribution in [2.24, 2.45) is 0 Å². The zero-order valence-corrected chi connectivity index (χ0v) is 12.0. The van der Waals surface area contributed by atoms with Gasteiger partial charge in [-0.2, -0.15) is 5.26 Å². The SMILES string of the molecule is CC(C)(NC(=O)c1ccc([N+](=O)[O-])o1)c1ccc(C#N)cc1. The lowest BCUT2D eigenvalue weighted by Crippen LogP contribution is -2.40. The number of furan rings is 1. The molecular formula is C15H13N3O4. The molecule has 0 fully saturated rings. The highest BCUT2D eigenvalue weighted by Crippen LogP contribution is 2.22. The van der Waals surface area contributed by atoms with Gasteiger partial charge in [-0.25, -0.2) is 0 Å². The number of carbonyl (C=O) groups excluding carboxylic acids is 1. The van der Waals surface area contributed by atoms with Gasteiger partial charge in [0, 0.05) is 0 Å². The van der Waals surface area contributed by atoms with Crippen molar-refractivity contribution in [3.63, 3.8) is 0 Å². The number of benzene rings is 1. The minimum atomic E-state index is -0.730. The number of rotatable bonds is 4. The van der Waals surface area contributed by atoms with E-state index in [1.807, 2.05) is 6.07 Å². The summed E-state index contributed by atoms with van der Waals surface area (Å²) in [7, 11) is 0. The Hall–Kier alpha value is -3.14. The molecule has 0 atom stereocenters. The normalized spacial score (nSPS) is 10.8. The van der Waals surface area contributed by atoms with Gasteiger partial charge in [-0.1, -0.05) is 12.1 Å². The summed E-state index contributed by atoms with van der Waals surface area (Å²) >= 11 is 0. The third-order valence-electron chi connectivity index (χ3n) is 3.16. The fourth-order valence-electron chi connectivity index (χ4n) is 1.93. The van der Waals surface area contributed by atoms with E-state index in [0.717, 1.165) is 11.6 Å². The number of hydrogen-bond acceptors (Lipinski definition) is 5. The van der Waals surface area contributed by atoms with Crippen LogP contribution in [0.5, 0.6) is 0 Å². The molecule has 2 aromatic rings. The highest BCUT2D eigenvalue weighted by Gasteiger charge is 2.26. The molecule has 0 unspecified atom stereocenters. The first-order valence-electron chi connectivity index (χ1n) is 6.41. The third-order valence-corrected chi connectivity index (χ3v) is 3.16. The molecule has 0 radical (unpaired) electrons. The molecule has 1 aromatic carbocycles. The van der Waals surface area contributed by atoms with E-state index in [1.165, 1.54) is 6.07 Å². The van der Waals surface area contributed by atoms with E-state index in [2.05, 4.69) is 5.32 Å². The molecule has 0 aliphatic heterocycles. The third kappa shape index (κ3) is 3.12. The summed E-state index contributed by atoms with van der Waals surface area (Å²) in [5.41, 5.74) is 0.584. The summed E-state index contributed by atoms with van der Waals surface area (Å²) in [4.78, 5) is 22.0. The van der Waals surface area contributed by atoms with Crippen LogP contribution in [0.25, 0.3) is 0 Å². The minimum Gasteiger partial charge on any atom is -0.395 e. The molecule has 1 N–H and O–H groups in total. The van der Waals surface area contributed by atoms with Crippen LogP contribution < -0.4 is 5.32 Å². The van der Waals surface area contributed by atoms with Gasteiger partial charge in [-0.05, 0) is 37.6 Å². The van der Waals surface area contributed by atoms with Crippen LogP contribution >= 0.6 is 0 Å². The van der Waals surface area contributed by atoms with Gasteiger partial charge in [0.15, 0.2) is 5.76 Å². The van der Waals surface area contributed by atoms with Crippen molar-refractivity contribution in [3.8, 4) is 6.07 Å². The molecule has 112 valence electrons. The van der Waals surface area contributed by atoms with Crippen molar-refractivity contribution in [2.45, 2.75) is 19.4 Å². The lowest BCUT2D eigenvalue weighted by molar-refractivity contribution is -0.402. The maximum atomic E-state index is 12.1. The maximum absolute atomic E-state index is 12.1. The largest absolute Gasteiger partial charge is 0.433 e. The second-order valence-electron chi connectivity index (χ2n) is 5.16. The van der Waals surface area contributed by atoms with Gasteiger partial charge in [-0.3, -0.25) is 14.9 Å². The highest BCUT2D eigenvalue weighted by molar-refractivity contribution is 5.92. The Morgan fingerprint density at radius 3 is 2.41 bits per heavy atom. The smallest absolute Gasteiger partial charge is 0.395 e. The summed E-state index contributed by atoms with van der Waals surface area (Å²) in [5.74, 6) is -1.17. The monoisotopic (exact) mass is 299 g/mol. The molecule has 0 saturated carbocycles. The highest BCUT2D eigenvalue weighted by atomic mass is 16.6. The zero-order chi connectivity index (χ0) is 16.3. The van der Waals surface area contributed by atoms with Crippen molar-refractivity contribution in [1.29, 1.82) is 5.26 Å². The van der Waals surface area contributed by atoms with E-state index >= 15 is 0 Å². The summed E-state index contributed by atoms with van der Waals surface area (Å²) in [5, 5.41) is 22.1. The van der Waals surface area contributed by atoms with E-state index in [-0.39, 0.29) is 5.76 Å². The predicted molar refractivity (Wildman–Crippen MR) is 77.0 cm³/mol. The summed E-state index contributed by atoms with van der Waals surface area (Å²) in [6.45, 7) is 3.56. The first kappa shape index (κ1) is 15.3. The Kier molecular flexibility index (Phi) is 3.95. The molecular weight excluding hydrogens is 286 g/mol. The van der Waals surface area contributed by atoms with Crippen LogP contribution in [-0.2, 0) is 5.54 Å². The average Bonchev–Trinajstić information content (AvgIpc) is 2.97. The Morgan fingerprint density at radius 2 is 1.91 bits per heavy atom. The van der Waals surface area contributed by atoms with Crippen molar-refractivity contribution in [3.05, 3.63) is 63.4 Å². The maximum Gasteiger partial charge on any atom is 0.433 e. The van der Waals surface area contributed by atoms with Crippen LogP contribution in [-0.4, -0.2) is 10.8 Å². The topological polar surface area (TPSA) is 109 Å². The van der Waals surface area contributed by atoms with Crippen LogP contribution in [0.3, 0.4) is 0 Å². The second kappa shape index (κ2) is 5.69. The molecule has 0 spiro atoms. The minimum absolute atomic E-state index is 0.131. The van der Waals surface area contributed by atoms with Gasteiger partial charge >= 0.3 is 5.88 Å². The van der Waals surface area contributed by atoms with Gasteiger partial charge in [-0.15, -0.1) is 0 Å². The fourth-order valence-corrected chi connectivity index (χ4v) is 1.93. The summed E-state index contributed by atoms with van der Waals surface area (Å²) < 4.78 is 4.87. The lowest BCUT2D eigenvalue weighted by atomic mass is 9.93. The molecule has 7 heteroatoms. The second-order valence-corrected chi connectivity index (χ2v) is 5.16. The van der Waals surface area contributed by atoms with E-state index in [1.54, 1.807) is 38.1 Å². The fraction of sp³-hybridized carbons (Fsp3) is 0.200. The Labute approximate surface area is 126 Å². The molecule has 2 rings (SSSR count). The van der Waals surface area contributed by atoms with Gasteiger partial charge in [0.1, 0.15) is 4.92 Å². The van der Waals surface area contributed by atoms with Gasteiger partial charge in [0.05, 0.1) is 23.2 Å².